The molecule has 11 nitrogen and oxygen atoms in total. The number of hydrazone groups is 1. The summed E-state index contributed by atoms with van der Waals surface area (Å²) in [6.07, 6.45) is 1.29. The molecular weight excluding hydrogens is 424 g/mol. The molecule has 12 heteroatoms. The lowest BCUT2D eigenvalue weighted by Crippen LogP contribution is -2.19. The van der Waals surface area contributed by atoms with Gasteiger partial charge in [-0.2, -0.15) is 5.10 Å². The molecular formula is C19H16N6O5S. The van der Waals surface area contributed by atoms with Gasteiger partial charge in [0, 0.05) is 17.7 Å². The Morgan fingerprint density at radius 2 is 1.87 bits per heavy atom. The summed E-state index contributed by atoms with van der Waals surface area (Å²) < 4.78 is 5.05. The van der Waals surface area contributed by atoms with E-state index >= 15 is 0 Å². The highest BCUT2D eigenvalue weighted by atomic mass is 32.1. The van der Waals surface area contributed by atoms with Crippen LogP contribution in [0, 0.1) is 10.1 Å². The van der Waals surface area contributed by atoms with Gasteiger partial charge in [0.2, 0.25) is 11.0 Å². The zero-order chi connectivity index (χ0) is 22.2. The van der Waals surface area contributed by atoms with Crippen molar-refractivity contribution in [3.8, 4) is 5.75 Å². The van der Waals surface area contributed by atoms with Crippen molar-refractivity contribution in [2.24, 2.45) is 5.10 Å². The molecule has 0 unspecified atom stereocenters. The van der Waals surface area contributed by atoms with Gasteiger partial charge in [-0.05, 0) is 42.0 Å². The third kappa shape index (κ3) is 6.14. The lowest BCUT2D eigenvalue weighted by Gasteiger charge is -2.02. The second-order valence-electron chi connectivity index (χ2n) is 6.00. The van der Waals surface area contributed by atoms with Crippen LogP contribution in [0.25, 0.3) is 0 Å². The quantitative estimate of drug-likeness (QED) is 0.310. The maximum absolute atomic E-state index is 12.2. The van der Waals surface area contributed by atoms with E-state index in [1.54, 1.807) is 24.3 Å². The van der Waals surface area contributed by atoms with Crippen LogP contribution in [0.1, 0.15) is 20.9 Å². The molecule has 0 fully saturated rings. The first kappa shape index (κ1) is 21.5. The summed E-state index contributed by atoms with van der Waals surface area (Å²) in [5.41, 5.74) is 3.32. The molecule has 0 bridgehead atoms. The molecule has 0 atom stereocenters. The van der Waals surface area contributed by atoms with Gasteiger partial charge in [0.1, 0.15) is 10.8 Å². The highest BCUT2D eigenvalue weighted by molar-refractivity contribution is 7.15. The van der Waals surface area contributed by atoms with Crippen LogP contribution in [0.5, 0.6) is 5.75 Å². The number of hydrogen-bond donors (Lipinski definition) is 2. The second kappa shape index (κ2) is 10.0. The maximum atomic E-state index is 12.2. The Hall–Kier alpha value is -4.19. The number of anilines is 1. The van der Waals surface area contributed by atoms with Gasteiger partial charge in [-0.25, -0.2) is 5.43 Å². The third-order valence-corrected chi connectivity index (χ3v) is 4.70. The van der Waals surface area contributed by atoms with E-state index in [0.717, 1.165) is 11.3 Å². The Bertz CT molecular complexity index is 1110. The average molecular weight is 440 g/mol. The smallest absolute Gasteiger partial charge is 0.269 e. The molecule has 3 rings (SSSR count). The average Bonchev–Trinajstić information content (AvgIpc) is 3.20. The number of nitrogens with zero attached hydrogens (tertiary/aromatic N) is 4. The normalized spacial score (nSPS) is 10.6. The number of benzene rings is 2. The molecule has 158 valence electrons. The molecule has 0 aliphatic carbocycles. The van der Waals surface area contributed by atoms with Gasteiger partial charge < -0.3 is 4.74 Å². The molecule has 1 aromatic heterocycles. The number of methoxy groups -OCH3 is 1. The highest BCUT2D eigenvalue weighted by Crippen LogP contribution is 2.18. The number of nitrogens with one attached hydrogen (secondary N) is 2. The number of rotatable bonds is 8. The predicted octanol–water partition coefficient (Wildman–Crippen LogP) is 2.40. The van der Waals surface area contributed by atoms with Crippen LogP contribution in [0.4, 0.5) is 10.8 Å². The van der Waals surface area contributed by atoms with Crippen molar-refractivity contribution in [2.75, 3.05) is 12.4 Å². The summed E-state index contributed by atoms with van der Waals surface area (Å²) in [5, 5.41) is 25.4. The summed E-state index contributed by atoms with van der Waals surface area (Å²) in [6.45, 7) is 0. The lowest BCUT2D eigenvalue weighted by molar-refractivity contribution is -0.384. The number of hydrogen-bond acceptors (Lipinski definition) is 9. The van der Waals surface area contributed by atoms with Crippen molar-refractivity contribution in [3.63, 3.8) is 0 Å². The molecule has 0 spiro atoms. The Kier molecular flexibility index (Phi) is 6.96. The number of amides is 2. The highest BCUT2D eigenvalue weighted by Gasteiger charge is 2.12. The first-order valence-electron chi connectivity index (χ1n) is 8.79. The molecule has 0 saturated heterocycles. The van der Waals surface area contributed by atoms with Crippen molar-refractivity contribution >= 4 is 40.2 Å². The summed E-state index contributed by atoms with van der Waals surface area (Å²) in [6, 6.07) is 12.3. The summed E-state index contributed by atoms with van der Waals surface area (Å²) in [7, 11) is 1.54. The Labute approximate surface area is 179 Å². The van der Waals surface area contributed by atoms with E-state index < -0.39 is 10.8 Å². The van der Waals surface area contributed by atoms with Crippen LogP contribution >= 0.6 is 11.3 Å². The molecule has 2 N–H and O–H groups in total. The fourth-order valence-electron chi connectivity index (χ4n) is 2.33. The SMILES string of the molecule is COc1ccc(C(=O)Nc2nnc(CC(=O)NN=Cc3ccc([N+](=O)[O-])cc3)s2)cc1. The minimum atomic E-state index is -0.502. The zero-order valence-electron chi connectivity index (χ0n) is 16.1. The van der Waals surface area contributed by atoms with Crippen LogP contribution in [-0.4, -0.2) is 40.3 Å². The molecule has 0 saturated carbocycles. The number of carbonyl (C=O) groups is 2. The predicted molar refractivity (Wildman–Crippen MR) is 113 cm³/mol. The van der Waals surface area contributed by atoms with Crippen molar-refractivity contribution in [1.82, 2.24) is 15.6 Å². The van der Waals surface area contributed by atoms with Gasteiger partial charge in [0.15, 0.2) is 0 Å². The van der Waals surface area contributed by atoms with E-state index in [2.05, 4.69) is 26.0 Å². The number of non-ortho nitro benzene ring substituents is 1. The fraction of sp³-hybridized carbons (Fsp3) is 0.105. The maximum Gasteiger partial charge on any atom is 0.269 e. The first-order chi connectivity index (χ1) is 14.9. The first-order valence-corrected chi connectivity index (χ1v) is 9.60. The standard InChI is InChI=1S/C19H16N6O5S/c1-30-15-8-4-13(5-9-15)18(27)21-19-24-23-17(31-19)10-16(26)22-20-11-12-2-6-14(7-3-12)25(28)29/h2-9,11H,10H2,1H3,(H,22,26)(H,21,24,27). The van der Waals surface area contributed by atoms with E-state index in [1.807, 2.05) is 0 Å². The molecule has 2 aromatic carbocycles. The Morgan fingerprint density at radius 3 is 2.52 bits per heavy atom. The van der Waals surface area contributed by atoms with Crippen molar-refractivity contribution < 1.29 is 19.2 Å². The minimum absolute atomic E-state index is 0.0349. The van der Waals surface area contributed by atoms with Crippen molar-refractivity contribution in [1.29, 1.82) is 0 Å². The van der Waals surface area contributed by atoms with Gasteiger partial charge in [0.05, 0.1) is 24.7 Å². The van der Waals surface area contributed by atoms with Crippen molar-refractivity contribution in [2.45, 2.75) is 6.42 Å². The van der Waals surface area contributed by atoms with Gasteiger partial charge >= 0.3 is 0 Å². The molecule has 31 heavy (non-hydrogen) atoms. The molecule has 1 heterocycles. The summed E-state index contributed by atoms with van der Waals surface area (Å²) in [4.78, 5) is 34.3. The molecule has 0 radical (unpaired) electrons. The van der Waals surface area contributed by atoms with Crippen LogP contribution in [0.3, 0.4) is 0 Å². The molecule has 0 aliphatic rings. The van der Waals surface area contributed by atoms with Gasteiger partial charge in [-0.1, -0.05) is 11.3 Å². The van der Waals surface area contributed by atoms with Crippen LogP contribution in [-0.2, 0) is 11.2 Å². The number of nitro groups is 1. The largest absolute Gasteiger partial charge is 0.497 e. The fourth-order valence-corrected chi connectivity index (χ4v) is 3.06. The van der Waals surface area contributed by atoms with E-state index in [-0.39, 0.29) is 23.1 Å². The number of aromatic nitrogens is 2. The van der Waals surface area contributed by atoms with Gasteiger partial charge in [-0.15, -0.1) is 10.2 Å². The van der Waals surface area contributed by atoms with Crippen molar-refractivity contribution in [3.05, 3.63) is 74.8 Å². The molecule has 3 aromatic rings. The summed E-state index contributed by atoms with van der Waals surface area (Å²) >= 11 is 1.07. The van der Waals surface area contributed by atoms with Gasteiger partial charge in [0.25, 0.3) is 11.6 Å². The topological polar surface area (TPSA) is 149 Å². The van der Waals surface area contributed by atoms with Crippen LogP contribution in [0.15, 0.2) is 53.6 Å². The molecule has 2 amide bonds. The number of carbonyl (C=O) groups excluding carboxylic acids is 2. The third-order valence-electron chi connectivity index (χ3n) is 3.86. The lowest BCUT2D eigenvalue weighted by atomic mass is 10.2. The number of ether oxygens (including phenoxy) is 1. The zero-order valence-corrected chi connectivity index (χ0v) is 17.0. The second-order valence-corrected chi connectivity index (χ2v) is 7.06. The van der Waals surface area contributed by atoms with Crippen LogP contribution < -0.4 is 15.5 Å². The summed E-state index contributed by atoms with van der Waals surface area (Å²) in [5.74, 6) is -0.151. The minimum Gasteiger partial charge on any atom is -0.497 e. The van der Waals surface area contributed by atoms with E-state index in [1.165, 1.54) is 37.6 Å². The van der Waals surface area contributed by atoms with Crippen LogP contribution in [0.2, 0.25) is 0 Å². The van der Waals surface area contributed by atoms with Gasteiger partial charge in [-0.3, -0.25) is 25.0 Å². The molecule has 0 aliphatic heterocycles. The number of nitro benzene ring substituents is 1. The Morgan fingerprint density at radius 1 is 1.16 bits per heavy atom. The van der Waals surface area contributed by atoms with E-state index in [9.17, 15) is 19.7 Å². The monoisotopic (exact) mass is 440 g/mol. The Balaban J connectivity index is 1.49. The van der Waals surface area contributed by atoms with E-state index in [0.29, 0.717) is 21.9 Å². The van der Waals surface area contributed by atoms with E-state index in [4.69, 9.17) is 4.74 Å².